The molecule has 3 rings (SSSR count). The molecule has 2 nitrogen and oxygen atoms in total. The SMILES string of the molecule is CCc1ccc([C@@](O)(CC)[C@H](CN2CCCC2)c2ccccc2)cc1. The molecule has 0 unspecified atom stereocenters. The highest BCUT2D eigenvalue weighted by atomic mass is 16.3. The van der Waals surface area contributed by atoms with Crippen LogP contribution in [0.25, 0.3) is 0 Å². The Morgan fingerprint density at radius 3 is 2.16 bits per heavy atom. The van der Waals surface area contributed by atoms with Gasteiger partial charge in [0.2, 0.25) is 0 Å². The smallest absolute Gasteiger partial charge is 0.0974 e. The van der Waals surface area contributed by atoms with E-state index in [1.54, 1.807) is 0 Å². The Bertz CT molecular complexity index is 646. The molecule has 134 valence electrons. The minimum Gasteiger partial charge on any atom is -0.384 e. The van der Waals surface area contributed by atoms with Gasteiger partial charge in [0, 0.05) is 12.5 Å². The first-order chi connectivity index (χ1) is 12.2. The number of aliphatic hydroxyl groups is 1. The van der Waals surface area contributed by atoms with Gasteiger partial charge in [0.15, 0.2) is 0 Å². The highest BCUT2D eigenvalue weighted by Gasteiger charge is 2.39. The van der Waals surface area contributed by atoms with Crippen molar-refractivity contribution >= 4 is 0 Å². The van der Waals surface area contributed by atoms with Gasteiger partial charge in [-0.1, -0.05) is 68.4 Å². The van der Waals surface area contributed by atoms with Crippen LogP contribution in [0.4, 0.5) is 0 Å². The predicted octanol–water partition coefficient (Wildman–Crippen LogP) is 4.73. The largest absolute Gasteiger partial charge is 0.384 e. The van der Waals surface area contributed by atoms with Crippen LogP contribution in [0.1, 0.15) is 55.7 Å². The van der Waals surface area contributed by atoms with Crippen LogP contribution in [0.2, 0.25) is 0 Å². The Labute approximate surface area is 152 Å². The van der Waals surface area contributed by atoms with Crippen molar-refractivity contribution in [3.8, 4) is 0 Å². The van der Waals surface area contributed by atoms with Gasteiger partial charge in [0.1, 0.15) is 0 Å². The van der Waals surface area contributed by atoms with Crippen molar-refractivity contribution in [1.82, 2.24) is 4.90 Å². The van der Waals surface area contributed by atoms with Crippen molar-refractivity contribution in [1.29, 1.82) is 0 Å². The molecule has 1 aliphatic heterocycles. The van der Waals surface area contributed by atoms with E-state index in [1.807, 2.05) is 0 Å². The lowest BCUT2D eigenvalue weighted by molar-refractivity contribution is -0.00675. The molecular weight excluding hydrogens is 306 g/mol. The van der Waals surface area contributed by atoms with E-state index in [1.165, 1.54) is 24.0 Å². The molecule has 0 aromatic heterocycles. The highest BCUT2D eigenvalue weighted by Crippen LogP contribution is 2.40. The van der Waals surface area contributed by atoms with Crippen LogP contribution in [0.15, 0.2) is 54.6 Å². The summed E-state index contributed by atoms with van der Waals surface area (Å²) in [5.41, 5.74) is 2.76. The van der Waals surface area contributed by atoms with Gasteiger partial charge in [-0.3, -0.25) is 0 Å². The zero-order chi connectivity index (χ0) is 17.7. The third kappa shape index (κ3) is 3.96. The fourth-order valence-corrected chi connectivity index (χ4v) is 4.12. The van der Waals surface area contributed by atoms with Crippen LogP contribution in [0, 0.1) is 0 Å². The van der Waals surface area contributed by atoms with E-state index in [0.717, 1.165) is 31.6 Å². The zero-order valence-corrected chi connectivity index (χ0v) is 15.6. The summed E-state index contributed by atoms with van der Waals surface area (Å²) in [5.74, 6) is 0.0873. The van der Waals surface area contributed by atoms with Crippen LogP contribution < -0.4 is 0 Å². The fraction of sp³-hybridized carbons (Fsp3) is 0.478. The summed E-state index contributed by atoms with van der Waals surface area (Å²) < 4.78 is 0. The lowest BCUT2D eigenvalue weighted by Gasteiger charge is -2.38. The van der Waals surface area contributed by atoms with Crippen molar-refractivity contribution in [2.75, 3.05) is 19.6 Å². The first kappa shape index (κ1) is 18.2. The van der Waals surface area contributed by atoms with Gasteiger partial charge < -0.3 is 10.0 Å². The minimum absolute atomic E-state index is 0.0873. The summed E-state index contributed by atoms with van der Waals surface area (Å²) in [7, 11) is 0. The molecule has 1 heterocycles. The molecule has 0 amide bonds. The highest BCUT2D eigenvalue weighted by molar-refractivity contribution is 5.33. The summed E-state index contributed by atoms with van der Waals surface area (Å²) in [6, 6.07) is 19.1. The van der Waals surface area contributed by atoms with Crippen molar-refractivity contribution < 1.29 is 5.11 Å². The zero-order valence-electron chi connectivity index (χ0n) is 15.6. The van der Waals surface area contributed by atoms with Crippen LogP contribution in [0.5, 0.6) is 0 Å². The van der Waals surface area contributed by atoms with Crippen molar-refractivity contribution in [3.63, 3.8) is 0 Å². The maximum Gasteiger partial charge on any atom is 0.0974 e. The molecule has 1 N–H and O–H groups in total. The van der Waals surface area contributed by atoms with Gasteiger partial charge in [-0.25, -0.2) is 0 Å². The molecule has 2 aromatic rings. The number of hydrogen-bond donors (Lipinski definition) is 1. The molecule has 2 heteroatoms. The molecule has 0 bridgehead atoms. The maximum atomic E-state index is 11.8. The molecule has 0 aliphatic carbocycles. The van der Waals surface area contributed by atoms with E-state index in [9.17, 15) is 5.11 Å². The van der Waals surface area contributed by atoms with Gasteiger partial charge in [-0.2, -0.15) is 0 Å². The van der Waals surface area contributed by atoms with Crippen LogP contribution in [-0.4, -0.2) is 29.6 Å². The topological polar surface area (TPSA) is 23.5 Å². The number of nitrogens with zero attached hydrogens (tertiary/aromatic N) is 1. The van der Waals surface area contributed by atoms with Crippen LogP contribution >= 0.6 is 0 Å². The molecule has 1 saturated heterocycles. The first-order valence-corrected chi connectivity index (χ1v) is 9.76. The van der Waals surface area contributed by atoms with Crippen molar-refractivity contribution in [2.45, 2.75) is 51.0 Å². The van der Waals surface area contributed by atoms with Gasteiger partial charge in [-0.05, 0) is 55.5 Å². The first-order valence-electron chi connectivity index (χ1n) is 9.76. The van der Waals surface area contributed by atoms with Gasteiger partial charge in [-0.15, -0.1) is 0 Å². The second-order valence-corrected chi connectivity index (χ2v) is 7.30. The third-order valence-electron chi connectivity index (χ3n) is 5.82. The summed E-state index contributed by atoms with van der Waals surface area (Å²) in [6.07, 6.45) is 4.29. The average molecular weight is 338 g/mol. The second-order valence-electron chi connectivity index (χ2n) is 7.30. The van der Waals surface area contributed by atoms with E-state index >= 15 is 0 Å². The summed E-state index contributed by atoms with van der Waals surface area (Å²) >= 11 is 0. The number of likely N-dealkylation sites (tertiary alicyclic amines) is 1. The van der Waals surface area contributed by atoms with E-state index in [4.69, 9.17) is 0 Å². The van der Waals surface area contributed by atoms with E-state index in [2.05, 4.69) is 73.3 Å². The lowest BCUT2D eigenvalue weighted by atomic mass is 9.75. The standard InChI is InChI=1S/C23H31NO/c1-3-19-12-14-21(15-13-19)23(25,4-2)22(18-24-16-8-9-17-24)20-10-6-5-7-11-20/h5-7,10-15,22,25H,3-4,8-9,16-18H2,1-2H3/t22-,23+/m1/s1. The van der Waals surface area contributed by atoms with Gasteiger partial charge in [0.05, 0.1) is 5.60 Å². The quantitative estimate of drug-likeness (QED) is 0.790. The Kier molecular flexibility index (Phi) is 5.93. The van der Waals surface area contributed by atoms with E-state index in [-0.39, 0.29) is 5.92 Å². The predicted molar refractivity (Wildman–Crippen MR) is 105 cm³/mol. The van der Waals surface area contributed by atoms with Gasteiger partial charge in [0.25, 0.3) is 0 Å². The molecular formula is C23H31NO. The van der Waals surface area contributed by atoms with Crippen molar-refractivity contribution in [2.24, 2.45) is 0 Å². The van der Waals surface area contributed by atoms with Crippen LogP contribution in [0.3, 0.4) is 0 Å². The van der Waals surface area contributed by atoms with Crippen LogP contribution in [-0.2, 0) is 12.0 Å². The Balaban J connectivity index is 1.97. The molecule has 1 aliphatic rings. The van der Waals surface area contributed by atoms with E-state index < -0.39 is 5.60 Å². The molecule has 2 aromatic carbocycles. The summed E-state index contributed by atoms with van der Waals surface area (Å²) in [4.78, 5) is 2.51. The number of hydrogen-bond acceptors (Lipinski definition) is 2. The van der Waals surface area contributed by atoms with E-state index in [0.29, 0.717) is 6.42 Å². The Morgan fingerprint density at radius 2 is 1.60 bits per heavy atom. The summed E-state index contributed by atoms with van der Waals surface area (Å²) in [6.45, 7) is 7.49. The molecule has 0 radical (unpaired) electrons. The monoisotopic (exact) mass is 337 g/mol. The number of benzene rings is 2. The third-order valence-corrected chi connectivity index (χ3v) is 5.82. The normalized spacial score (nSPS) is 18.8. The Morgan fingerprint density at radius 1 is 0.960 bits per heavy atom. The van der Waals surface area contributed by atoms with Gasteiger partial charge >= 0.3 is 0 Å². The molecule has 2 atom stereocenters. The lowest BCUT2D eigenvalue weighted by Crippen LogP contribution is -2.40. The maximum absolute atomic E-state index is 11.8. The molecule has 0 saturated carbocycles. The fourth-order valence-electron chi connectivity index (χ4n) is 4.12. The van der Waals surface area contributed by atoms with Crippen molar-refractivity contribution in [3.05, 3.63) is 71.3 Å². The molecule has 25 heavy (non-hydrogen) atoms. The second kappa shape index (κ2) is 8.16. The molecule has 1 fully saturated rings. The molecule has 0 spiro atoms. The average Bonchev–Trinajstić information content (AvgIpc) is 3.19. The minimum atomic E-state index is -0.837. The number of rotatable bonds is 7. The Hall–Kier alpha value is -1.64. The number of aryl methyl sites for hydroxylation is 1. The summed E-state index contributed by atoms with van der Waals surface area (Å²) in [5, 5.41) is 11.8.